The third-order valence-corrected chi connectivity index (χ3v) is 5.64. The number of carbonyl (C=O) groups is 1. The van der Waals surface area contributed by atoms with Gasteiger partial charge in [0.1, 0.15) is 5.41 Å². The molecule has 0 aromatic heterocycles. The van der Waals surface area contributed by atoms with Crippen LogP contribution in [0.1, 0.15) is 65.2 Å². The van der Waals surface area contributed by atoms with Crippen molar-refractivity contribution in [3.63, 3.8) is 0 Å². The third-order valence-electron chi connectivity index (χ3n) is 5.64. The molecule has 5 nitrogen and oxygen atoms in total. The van der Waals surface area contributed by atoms with E-state index in [4.69, 9.17) is 10.9 Å². The van der Waals surface area contributed by atoms with Crippen molar-refractivity contribution in [1.82, 2.24) is 4.90 Å². The van der Waals surface area contributed by atoms with Gasteiger partial charge >= 0.3 is 0 Å². The Morgan fingerprint density at radius 3 is 2.19 bits per heavy atom. The maximum atomic E-state index is 13.0. The van der Waals surface area contributed by atoms with Crippen LogP contribution in [0.2, 0.25) is 0 Å². The van der Waals surface area contributed by atoms with E-state index in [0.717, 1.165) is 38.5 Å². The minimum absolute atomic E-state index is 0.0417. The predicted octanol–water partition coefficient (Wildman–Crippen LogP) is 2.72. The van der Waals surface area contributed by atoms with Crippen molar-refractivity contribution < 1.29 is 10.0 Å². The van der Waals surface area contributed by atoms with Gasteiger partial charge in [0.25, 0.3) is 0 Å². The third kappa shape index (κ3) is 3.01. The monoisotopic (exact) mass is 295 g/mol. The lowest BCUT2D eigenvalue weighted by Crippen LogP contribution is -2.52. The van der Waals surface area contributed by atoms with E-state index in [0.29, 0.717) is 18.3 Å². The zero-order chi connectivity index (χ0) is 15.7. The second-order valence-electron chi connectivity index (χ2n) is 7.59. The SMILES string of the molecule is CN(C(=O)C1(C(N)=NO)CCCC1)C1CCC(C)(C)CC1. The van der Waals surface area contributed by atoms with Crippen molar-refractivity contribution in [2.24, 2.45) is 21.7 Å². The van der Waals surface area contributed by atoms with E-state index in [1.54, 1.807) is 0 Å². The Labute approximate surface area is 127 Å². The van der Waals surface area contributed by atoms with Crippen LogP contribution in [0.4, 0.5) is 0 Å². The molecule has 5 heteroatoms. The van der Waals surface area contributed by atoms with Gasteiger partial charge in [-0.2, -0.15) is 0 Å². The zero-order valence-corrected chi connectivity index (χ0v) is 13.6. The predicted molar refractivity (Wildman–Crippen MR) is 83.1 cm³/mol. The molecule has 0 heterocycles. The van der Waals surface area contributed by atoms with Crippen LogP contribution in [-0.4, -0.2) is 34.9 Å². The molecule has 2 saturated carbocycles. The lowest BCUT2D eigenvalue weighted by molar-refractivity contribution is -0.140. The minimum Gasteiger partial charge on any atom is -0.409 e. The molecule has 2 rings (SSSR count). The molecule has 0 radical (unpaired) electrons. The summed E-state index contributed by atoms with van der Waals surface area (Å²) in [6.45, 7) is 4.58. The van der Waals surface area contributed by atoms with Crippen LogP contribution in [0.25, 0.3) is 0 Å². The van der Waals surface area contributed by atoms with Gasteiger partial charge in [-0.1, -0.05) is 31.8 Å². The molecular formula is C16H29N3O2. The fourth-order valence-corrected chi connectivity index (χ4v) is 3.93. The first-order valence-electron chi connectivity index (χ1n) is 8.08. The van der Waals surface area contributed by atoms with Crippen LogP contribution in [0.3, 0.4) is 0 Å². The first kappa shape index (κ1) is 16.1. The summed E-state index contributed by atoms with van der Waals surface area (Å²) in [6, 6.07) is 0.287. The van der Waals surface area contributed by atoms with Crippen LogP contribution in [0, 0.1) is 10.8 Å². The van der Waals surface area contributed by atoms with E-state index >= 15 is 0 Å². The highest BCUT2D eigenvalue weighted by Gasteiger charge is 2.48. The second kappa shape index (κ2) is 5.85. The first-order valence-corrected chi connectivity index (χ1v) is 8.08. The van der Waals surface area contributed by atoms with Crippen LogP contribution in [-0.2, 0) is 4.79 Å². The minimum atomic E-state index is -0.767. The van der Waals surface area contributed by atoms with Crippen molar-refractivity contribution in [2.45, 2.75) is 71.3 Å². The van der Waals surface area contributed by atoms with E-state index in [1.807, 2.05) is 11.9 Å². The summed E-state index contributed by atoms with van der Waals surface area (Å²) in [6.07, 6.45) is 7.70. The number of rotatable bonds is 3. The Kier molecular flexibility index (Phi) is 4.49. The molecule has 21 heavy (non-hydrogen) atoms. The largest absolute Gasteiger partial charge is 0.409 e. The highest BCUT2D eigenvalue weighted by atomic mass is 16.4. The molecule has 2 fully saturated rings. The Bertz CT molecular complexity index is 415. The summed E-state index contributed by atoms with van der Waals surface area (Å²) in [5.41, 5.74) is 5.50. The lowest BCUT2D eigenvalue weighted by Gasteiger charge is -2.41. The molecule has 0 aromatic rings. The Hall–Kier alpha value is -1.26. The summed E-state index contributed by atoms with van der Waals surface area (Å²) >= 11 is 0. The van der Waals surface area contributed by atoms with E-state index in [2.05, 4.69) is 19.0 Å². The van der Waals surface area contributed by atoms with Crippen LogP contribution >= 0.6 is 0 Å². The molecule has 2 aliphatic rings. The number of hydrogen-bond acceptors (Lipinski definition) is 3. The average Bonchev–Trinajstić information content (AvgIpc) is 2.95. The summed E-state index contributed by atoms with van der Waals surface area (Å²) in [7, 11) is 1.88. The number of carbonyl (C=O) groups excluding carboxylic acids is 1. The molecule has 0 saturated heterocycles. The fourth-order valence-electron chi connectivity index (χ4n) is 3.93. The fraction of sp³-hybridized carbons (Fsp3) is 0.875. The maximum Gasteiger partial charge on any atom is 0.236 e. The number of nitrogens with two attached hydrogens (primary N) is 1. The van der Waals surface area contributed by atoms with E-state index in [1.165, 1.54) is 0 Å². The van der Waals surface area contributed by atoms with Gasteiger partial charge < -0.3 is 15.8 Å². The standard InChI is InChI=1S/C16H29N3O2/c1-15(2)10-6-12(7-11-15)19(3)14(20)16(13(17)18-21)8-4-5-9-16/h12,21H,4-11H2,1-3H3,(H2,17,18). The summed E-state index contributed by atoms with van der Waals surface area (Å²) < 4.78 is 0. The van der Waals surface area contributed by atoms with E-state index < -0.39 is 5.41 Å². The van der Waals surface area contributed by atoms with Gasteiger partial charge in [-0.3, -0.25) is 4.79 Å². The molecule has 120 valence electrons. The topological polar surface area (TPSA) is 78.9 Å². The zero-order valence-electron chi connectivity index (χ0n) is 13.6. The van der Waals surface area contributed by atoms with Gasteiger partial charge in [0.2, 0.25) is 5.91 Å². The van der Waals surface area contributed by atoms with E-state index in [9.17, 15) is 4.79 Å². The lowest BCUT2D eigenvalue weighted by atomic mass is 9.74. The number of nitrogens with zero attached hydrogens (tertiary/aromatic N) is 2. The number of hydrogen-bond donors (Lipinski definition) is 2. The highest BCUT2D eigenvalue weighted by Crippen LogP contribution is 2.42. The molecule has 0 bridgehead atoms. The highest BCUT2D eigenvalue weighted by molar-refractivity contribution is 6.07. The summed E-state index contributed by atoms with van der Waals surface area (Å²) in [4.78, 5) is 14.9. The summed E-state index contributed by atoms with van der Waals surface area (Å²) in [5, 5.41) is 12.2. The molecule has 0 spiro atoms. The normalized spacial score (nSPS) is 25.8. The Balaban J connectivity index is 2.11. The van der Waals surface area contributed by atoms with Crippen molar-refractivity contribution in [2.75, 3.05) is 7.05 Å². The first-order chi connectivity index (χ1) is 9.82. The second-order valence-corrected chi connectivity index (χ2v) is 7.59. The quantitative estimate of drug-likeness (QED) is 0.364. The average molecular weight is 295 g/mol. The molecule has 0 aromatic carbocycles. The van der Waals surface area contributed by atoms with Gasteiger partial charge in [0, 0.05) is 13.1 Å². The van der Waals surface area contributed by atoms with Crippen molar-refractivity contribution in [3.05, 3.63) is 0 Å². The number of oxime groups is 1. The van der Waals surface area contributed by atoms with E-state index in [-0.39, 0.29) is 17.8 Å². The van der Waals surface area contributed by atoms with Crippen LogP contribution in [0.5, 0.6) is 0 Å². The molecule has 0 aliphatic heterocycles. The Morgan fingerprint density at radius 1 is 1.19 bits per heavy atom. The van der Waals surface area contributed by atoms with Crippen molar-refractivity contribution in [1.29, 1.82) is 0 Å². The molecule has 1 amide bonds. The summed E-state index contributed by atoms with van der Waals surface area (Å²) in [5.74, 6) is 0.132. The van der Waals surface area contributed by atoms with Gasteiger partial charge in [0.15, 0.2) is 5.84 Å². The van der Waals surface area contributed by atoms with Crippen molar-refractivity contribution >= 4 is 11.7 Å². The van der Waals surface area contributed by atoms with Crippen LogP contribution in [0.15, 0.2) is 5.16 Å². The molecule has 0 atom stereocenters. The van der Waals surface area contributed by atoms with Gasteiger partial charge in [-0.05, 0) is 43.9 Å². The molecule has 3 N–H and O–H groups in total. The smallest absolute Gasteiger partial charge is 0.236 e. The van der Waals surface area contributed by atoms with Crippen molar-refractivity contribution in [3.8, 4) is 0 Å². The molecule has 2 aliphatic carbocycles. The number of amides is 1. The van der Waals surface area contributed by atoms with Crippen LogP contribution < -0.4 is 5.73 Å². The van der Waals surface area contributed by atoms with Gasteiger partial charge in [-0.15, -0.1) is 0 Å². The van der Waals surface area contributed by atoms with Gasteiger partial charge in [0.05, 0.1) is 0 Å². The molecule has 0 unspecified atom stereocenters. The Morgan fingerprint density at radius 2 is 1.71 bits per heavy atom. The number of amidine groups is 1. The molecular weight excluding hydrogens is 266 g/mol. The maximum absolute atomic E-state index is 13.0. The van der Waals surface area contributed by atoms with Gasteiger partial charge in [-0.25, -0.2) is 0 Å².